The lowest BCUT2D eigenvalue weighted by Crippen LogP contribution is -2.69. The van der Waals surface area contributed by atoms with Gasteiger partial charge in [0, 0.05) is 75.8 Å². The Morgan fingerprint density at radius 2 is 1.88 bits per heavy atom. The molecule has 7 atom stereocenters. The average molecular weight is 845 g/mol. The number of hydrogen-bond acceptors (Lipinski definition) is 12. The Labute approximate surface area is 354 Å². The standard InChI is InChI=1S/C46H60N4O9S/c1-3-26-57-46-41(49(2)60(53,54)40-16-10-13-32-14-11-20-47-45(32)40)31-38(48-59-42-17-6-9-27-56-42)36-29-33(12-4-7-24-51)35(15-5-8-25-52)43(44(36)46)37-30-34(18-19-39(37)58-46)55-28-23-50-21-22-50/h3,10-11,13-14,16,18-20,29-30,33,35,41-44,51-52H,1,4-9,12,15,17,21-28,31H2,2H3. The highest BCUT2D eigenvalue weighted by atomic mass is 32.2. The summed E-state index contributed by atoms with van der Waals surface area (Å²) in [5, 5.41) is 25.4. The first-order valence-electron chi connectivity index (χ1n) is 21.8. The van der Waals surface area contributed by atoms with Gasteiger partial charge in [0.25, 0.3) is 0 Å². The van der Waals surface area contributed by atoms with E-state index in [0.717, 1.165) is 75.0 Å². The van der Waals surface area contributed by atoms with Crippen LogP contribution in [0.25, 0.3) is 10.9 Å². The third-order valence-electron chi connectivity index (χ3n) is 13.0. The SMILES string of the molecule is C=CCOC12Oc3ccc(OCCN4CC4)cc3C3C(CCCCO)C(CCCCO)C=C(C(=NOC4CCCCO4)CC1N(C)S(=O)(=O)c1cccc4cccnc14)C32. The largest absolute Gasteiger partial charge is 0.492 e. The second kappa shape index (κ2) is 19.0. The average Bonchev–Trinajstić information content (AvgIpc) is 4.10. The molecule has 7 unspecified atom stereocenters. The van der Waals surface area contributed by atoms with Crippen LogP contribution in [0.2, 0.25) is 0 Å². The molecule has 5 aliphatic rings. The van der Waals surface area contributed by atoms with Gasteiger partial charge in [-0.15, -0.1) is 6.58 Å². The molecular formula is C46H60N4O9S. The van der Waals surface area contributed by atoms with Gasteiger partial charge in [0.15, 0.2) is 0 Å². The Bertz CT molecular complexity index is 2130. The van der Waals surface area contributed by atoms with Crippen LogP contribution in [0, 0.1) is 17.8 Å². The second-order valence-corrected chi connectivity index (χ2v) is 18.7. The molecule has 0 amide bonds. The summed E-state index contributed by atoms with van der Waals surface area (Å²) in [6.07, 6.45) is 12.4. The minimum atomic E-state index is -4.24. The molecule has 2 aliphatic carbocycles. The van der Waals surface area contributed by atoms with Crippen LogP contribution >= 0.6 is 0 Å². The zero-order valence-corrected chi connectivity index (χ0v) is 35.5. The van der Waals surface area contributed by atoms with E-state index in [-0.39, 0.29) is 48.9 Å². The van der Waals surface area contributed by atoms with E-state index < -0.39 is 34.1 Å². The molecule has 0 spiro atoms. The van der Waals surface area contributed by atoms with E-state index in [1.165, 1.54) is 4.31 Å². The first-order valence-corrected chi connectivity index (χ1v) is 23.3. The lowest BCUT2D eigenvalue weighted by molar-refractivity contribution is -0.250. The zero-order chi connectivity index (χ0) is 41.7. The number of aliphatic hydroxyl groups excluding tert-OH is 2. The summed E-state index contributed by atoms with van der Waals surface area (Å²) in [5.41, 5.74) is 2.87. The number of pyridine rings is 1. The number of rotatable bonds is 20. The summed E-state index contributed by atoms with van der Waals surface area (Å²) in [7, 11) is -2.65. The van der Waals surface area contributed by atoms with E-state index in [1.54, 1.807) is 37.5 Å². The molecule has 4 heterocycles. The maximum Gasteiger partial charge on any atom is 0.245 e. The summed E-state index contributed by atoms with van der Waals surface area (Å²) < 4.78 is 58.3. The van der Waals surface area contributed by atoms with E-state index >= 15 is 8.42 Å². The molecule has 14 heteroatoms. The first-order chi connectivity index (χ1) is 29.3. The Morgan fingerprint density at radius 3 is 2.65 bits per heavy atom. The van der Waals surface area contributed by atoms with Crippen LogP contribution in [0.3, 0.4) is 0 Å². The highest BCUT2D eigenvalue weighted by Gasteiger charge is 2.66. The Morgan fingerprint density at radius 1 is 1.07 bits per heavy atom. The van der Waals surface area contributed by atoms with Crippen molar-refractivity contribution in [3.05, 3.63) is 84.6 Å². The molecule has 324 valence electrons. The Hall–Kier alpha value is -3.89. The number of benzene rings is 2. The number of allylic oxidation sites excluding steroid dienone is 1. The quantitative estimate of drug-likeness (QED) is 0.0562. The molecule has 2 aromatic carbocycles. The molecule has 2 N–H and O–H groups in total. The fraction of sp³-hybridized carbons (Fsp3) is 0.565. The fourth-order valence-electron chi connectivity index (χ4n) is 9.90. The number of oxime groups is 1. The van der Waals surface area contributed by atoms with Gasteiger partial charge in [-0.1, -0.05) is 48.3 Å². The number of hydrogen-bond donors (Lipinski definition) is 2. The molecule has 3 aromatic rings. The third-order valence-corrected chi connectivity index (χ3v) is 14.9. The highest BCUT2D eigenvalue weighted by Crippen LogP contribution is 2.62. The number of sulfonamides is 1. The predicted molar refractivity (Wildman–Crippen MR) is 228 cm³/mol. The molecule has 60 heavy (non-hydrogen) atoms. The van der Waals surface area contributed by atoms with Crippen LogP contribution in [0.1, 0.15) is 75.7 Å². The molecule has 3 aliphatic heterocycles. The van der Waals surface area contributed by atoms with Gasteiger partial charge in [-0.25, -0.2) is 8.42 Å². The van der Waals surface area contributed by atoms with E-state index in [0.29, 0.717) is 54.8 Å². The number of nitrogens with zero attached hydrogens (tertiary/aromatic N) is 4. The smallest absolute Gasteiger partial charge is 0.245 e. The van der Waals surface area contributed by atoms with Crippen molar-refractivity contribution in [1.82, 2.24) is 14.2 Å². The van der Waals surface area contributed by atoms with Crippen molar-refractivity contribution in [2.24, 2.45) is 22.9 Å². The van der Waals surface area contributed by atoms with E-state index in [9.17, 15) is 10.2 Å². The van der Waals surface area contributed by atoms with E-state index in [2.05, 4.69) is 28.6 Å². The molecule has 1 saturated carbocycles. The van der Waals surface area contributed by atoms with Crippen LogP contribution in [-0.2, 0) is 24.3 Å². The van der Waals surface area contributed by atoms with Gasteiger partial charge in [-0.3, -0.25) is 9.88 Å². The predicted octanol–water partition coefficient (Wildman–Crippen LogP) is 6.41. The van der Waals surface area contributed by atoms with E-state index in [4.69, 9.17) is 28.9 Å². The minimum Gasteiger partial charge on any atom is -0.492 e. The van der Waals surface area contributed by atoms with Crippen LogP contribution in [0.5, 0.6) is 11.5 Å². The summed E-state index contributed by atoms with van der Waals surface area (Å²) in [6, 6.07) is 13.9. The number of ether oxygens (including phenoxy) is 4. The molecule has 2 saturated heterocycles. The van der Waals surface area contributed by atoms with Gasteiger partial charge in [0.1, 0.15) is 23.0 Å². The van der Waals surface area contributed by atoms with Crippen LogP contribution in [0.4, 0.5) is 0 Å². The number of aromatic nitrogens is 1. The monoisotopic (exact) mass is 844 g/mol. The van der Waals surface area contributed by atoms with E-state index in [1.807, 2.05) is 24.3 Å². The van der Waals surface area contributed by atoms with Gasteiger partial charge in [-0.2, -0.15) is 4.31 Å². The van der Waals surface area contributed by atoms with Crippen LogP contribution in [0.15, 0.2) is 89.1 Å². The molecule has 13 nitrogen and oxygen atoms in total. The van der Waals surface area contributed by atoms with Crippen LogP contribution < -0.4 is 9.47 Å². The molecule has 3 fully saturated rings. The van der Waals surface area contributed by atoms with Gasteiger partial charge in [-0.05, 0) is 86.3 Å². The maximum atomic E-state index is 15.2. The molecule has 8 rings (SSSR count). The molecule has 0 radical (unpaired) electrons. The number of aliphatic hydroxyl groups is 2. The number of fused-ring (bicyclic) bond motifs is 3. The van der Waals surface area contributed by atoms with Crippen molar-refractivity contribution in [1.29, 1.82) is 0 Å². The summed E-state index contributed by atoms with van der Waals surface area (Å²) in [5.74, 6) is -0.858. The highest BCUT2D eigenvalue weighted by molar-refractivity contribution is 7.89. The van der Waals surface area contributed by atoms with Gasteiger partial charge >= 0.3 is 0 Å². The number of para-hydroxylation sites is 1. The number of unbranched alkanes of at least 4 members (excludes halogenated alkanes) is 2. The zero-order valence-electron chi connectivity index (χ0n) is 34.7. The topological polar surface area (TPSA) is 152 Å². The second-order valence-electron chi connectivity index (χ2n) is 16.7. The summed E-state index contributed by atoms with van der Waals surface area (Å²) >= 11 is 0. The first kappa shape index (κ1) is 42.8. The molecule has 1 aromatic heterocycles. The van der Waals surface area contributed by atoms with Crippen molar-refractivity contribution in [3.63, 3.8) is 0 Å². The summed E-state index contributed by atoms with van der Waals surface area (Å²) in [6.45, 7) is 8.46. The third kappa shape index (κ3) is 8.74. The Kier molecular flexibility index (Phi) is 13.6. The Balaban J connectivity index is 1.31. The van der Waals surface area contributed by atoms with Gasteiger partial charge in [0.05, 0.1) is 36.4 Å². The van der Waals surface area contributed by atoms with Crippen LogP contribution in [-0.4, -0.2) is 116 Å². The normalized spacial score (nSPS) is 28.1. The molecule has 0 bridgehead atoms. The van der Waals surface area contributed by atoms with Crippen molar-refractivity contribution >= 4 is 26.6 Å². The van der Waals surface area contributed by atoms with Crippen molar-refractivity contribution in [3.8, 4) is 11.5 Å². The minimum absolute atomic E-state index is 0.0398. The number of likely N-dealkylation sites (N-methyl/N-ethyl adjacent to an activating group) is 1. The van der Waals surface area contributed by atoms with Gasteiger partial charge < -0.3 is 34.0 Å². The van der Waals surface area contributed by atoms with Gasteiger partial charge in [0.2, 0.25) is 22.1 Å². The fourth-order valence-corrected chi connectivity index (χ4v) is 11.4. The van der Waals surface area contributed by atoms with Crippen molar-refractivity contribution < 1.29 is 42.4 Å². The van der Waals surface area contributed by atoms with Crippen molar-refractivity contribution in [2.75, 3.05) is 59.7 Å². The summed E-state index contributed by atoms with van der Waals surface area (Å²) in [4.78, 5) is 13.2. The maximum absolute atomic E-state index is 15.2. The molecular weight excluding hydrogens is 785 g/mol. The lowest BCUT2D eigenvalue weighted by atomic mass is 9.55. The lowest BCUT2D eigenvalue weighted by Gasteiger charge is -2.59. The van der Waals surface area contributed by atoms with Crippen molar-refractivity contribution in [2.45, 2.75) is 93.1 Å².